The van der Waals surface area contributed by atoms with Crippen LogP contribution in [0, 0.1) is 10.2 Å². The first kappa shape index (κ1) is 9.98. The molecule has 0 heterocycles. The van der Waals surface area contributed by atoms with E-state index in [1.807, 2.05) is 0 Å². The van der Waals surface area contributed by atoms with Gasteiger partial charge in [-0.15, -0.1) is 0 Å². The first-order chi connectivity index (χ1) is 2.00. The minimum Gasteiger partial charge on any atom is -0.183 e. The van der Waals surface area contributed by atoms with Crippen molar-refractivity contribution in [2.24, 2.45) is 0 Å². The van der Waals surface area contributed by atoms with Gasteiger partial charge in [-0.3, -0.25) is 0 Å². The molecule has 0 aliphatic heterocycles. The summed E-state index contributed by atoms with van der Waals surface area (Å²) >= 11 is 0. The molecule has 0 fully saturated rings. The van der Waals surface area contributed by atoms with Crippen molar-refractivity contribution in [1.82, 2.24) is 0 Å². The van der Waals surface area contributed by atoms with Crippen LogP contribution in [-0.4, -0.2) is 4.66 Å². The summed E-state index contributed by atoms with van der Waals surface area (Å²) in [6.45, 7) is 0. The first-order valence-electron chi connectivity index (χ1n) is 0.632. The Labute approximate surface area is 51.6 Å². The van der Waals surface area contributed by atoms with E-state index in [-0.39, 0.29) is 22.4 Å². The van der Waals surface area contributed by atoms with Gasteiger partial charge in [-0.25, -0.2) is 0 Å². The van der Waals surface area contributed by atoms with Crippen molar-refractivity contribution < 1.29 is 51.3 Å². The van der Waals surface area contributed by atoms with Gasteiger partial charge in [0.15, 0.2) is 0 Å². The van der Waals surface area contributed by atoms with Gasteiger partial charge >= 0.3 is 22.4 Å². The maximum absolute atomic E-state index is 8.60. The van der Waals surface area contributed by atoms with E-state index in [0.717, 1.165) is 0 Å². The van der Waals surface area contributed by atoms with Gasteiger partial charge < -0.3 is 0 Å². The van der Waals surface area contributed by atoms with E-state index < -0.39 is 10.2 Å². The van der Waals surface area contributed by atoms with E-state index in [0.29, 0.717) is 0 Å². The molecule has 0 unspecified atom stereocenters. The van der Waals surface area contributed by atoms with E-state index in [9.17, 15) is 0 Å². The molecule has 0 aliphatic carbocycles. The Bertz CT molecular complexity index is 23.0. The quantitative estimate of drug-likeness (QED) is 0.460. The summed E-state index contributed by atoms with van der Waals surface area (Å²) in [6, 6.07) is 0. The third-order valence-corrected chi connectivity index (χ3v) is 0. The molecule has 0 aromatic carbocycles. The molecule has 0 aromatic heterocycles. The van der Waals surface area contributed by atoms with Crippen LogP contribution in [0.5, 0.6) is 0 Å². The van der Waals surface area contributed by atoms with Crippen LogP contribution in [0.25, 0.3) is 0 Å². The summed E-state index contributed by atoms with van der Waals surface area (Å²) in [6.07, 6.45) is 0. The molecule has 0 saturated heterocycles. The van der Waals surface area contributed by atoms with Gasteiger partial charge in [0.1, 0.15) is 0 Å². The Balaban J connectivity index is 0. The van der Waals surface area contributed by atoms with Crippen LogP contribution in [-0.2, 0) is 22.4 Å². The number of halogens is 1. The molecular weight excluding hydrogens is 296 g/mol. The fourth-order valence-electron chi connectivity index (χ4n) is 0. The van der Waals surface area contributed by atoms with E-state index in [4.69, 9.17) is 18.6 Å². The zero-order chi connectivity index (χ0) is 4.50. The molecule has 1 N–H and O–H groups in total. The van der Waals surface area contributed by atoms with Crippen molar-refractivity contribution >= 4 is 0 Å². The average molecular weight is 297 g/mol. The minimum absolute atomic E-state index is 0. The third-order valence-electron chi connectivity index (χ3n) is 0. The summed E-state index contributed by atoms with van der Waals surface area (Å²) in [7, 11) is -4.69. The van der Waals surface area contributed by atoms with Gasteiger partial charge in [-0.2, -0.15) is 14.0 Å². The van der Waals surface area contributed by atoms with Crippen LogP contribution >= 0.6 is 0 Å². The Kier molecular flexibility index (Phi) is 4.91. The molecule has 0 rings (SSSR count). The topological polar surface area (TPSA) is 89.4 Å². The van der Waals surface area contributed by atoms with E-state index in [1.165, 1.54) is 0 Å². The van der Waals surface area contributed by atoms with Crippen LogP contribution in [0.3, 0.4) is 0 Å². The van der Waals surface area contributed by atoms with Gasteiger partial charge in [-0.05, 0) is 0 Å². The van der Waals surface area contributed by atoms with Crippen LogP contribution in [0.4, 0.5) is 0 Å². The van der Waals surface area contributed by atoms with Crippen molar-refractivity contribution in [3.05, 3.63) is 0 Å². The molecule has 0 radical (unpaired) electrons. The standard InChI is InChI=1S/Au.ClHO4/c;2-1(3,4)5/h;(H,2,3,4,5)/q+1;. The molecule has 0 amide bonds. The molecule has 0 saturated carbocycles. The SMILES string of the molecule is [Au+].[O-][Cl+3]([O-])([O-])O. The fourth-order valence-corrected chi connectivity index (χ4v) is 0. The Morgan fingerprint density at radius 1 is 1.17 bits per heavy atom. The van der Waals surface area contributed by atoms with Crippen LogP contribution in [0.2, 0.25) is 0 Å². The summed E-state index contributed by atoms with van der Waals surface area (Å²) in [5.74, 6) is 0. The van der Waals surface area contributed by atoms with Crippen molar-refractivity contribution in [3.8, 4) is 0 Å². The predicted octanol–water partition coefficient (Wildman–Crippen LogP) is -4.13. The number of rotatable bonds is 0. The normalized spacial score (nSPS) is 10.0. The Morgan fingerprint density at radius 2 is 1.17 bits per heavy atom. The van der Waals surface area contributed by atoms with Crippen LogP contribution in [0.15, 0.2) is 0 Å². The fraction of sp³-hybridized carbons (Fsp3) is 0. The maximum Gasteiger partial charge on any atom is 1.00 e. The van der Waals surface area contributed by atoms with Gasteiger partial charge in [0, 0.05) is 0 Å². The zero-order valence-electron chi connectivity index (χ0n) is 2.35. The van der Waals surface area contributed by atoms with E-state index in [2.05, 4.69) is 0 Å². The van der Waals surface area contributed by atoms with Gasteiger partial charge in [0.05, 0.1) is 14.9 Å². The molecular formula is HAuClO4+. The monoisotopic (exact) mass is 297 g/mol. The molecule has 4 nitrogen and oxygen atoms in total. The molecule has 0 aromatic rings. The van der Waals surface area contributed by atoms with E-state index >= 15 is 0 Å². The molecule has 0 atom stereocenters. The van der Waals surface area contributed by atoms with Crippen LogP contribution in [0.1, 0.15) is 0 Å². The second-order valence-corrected chi connectivity index (χ2v) is 1.19. The van der Waals surface area contributed by atoms with Crippen molar-refractivity contribution in [3.63, 3.8) is 0 Å². The molecule has 0 bridgehead atoms. The third kappa shape index (κ3) is 96.3. The van der Waals surface area contributed by atoms with Crippen LogP contribution < -0.4 is 14.0 Å². The van der Waals surface area contributed by atoms with Gasteiger partial charge in [-0.1, -0.05) is 0 Å². The minimum atomic E-state index is -4.69. The number of hydrogen-bond acceptors (Lipinski definition) is 4. The first-order valence-corrected chi connectivity index (χ1v) is 1.90. The predicted molar refractivity (Wildman–Crippen MR) is 2.22 cm³/mol. The largest absolute Gasteiger partial charge is 1.00 e. The molecule has 0 aliphatic rings. The van der Waals surface area contributed by atoms with Gasteiger partial charge in [0.25, 0.3) is 0 Å². The zero-order valence-corrected chi connectivity index (χ0v) is 5.27. The molecule has 6 heavy (non-hydrogen) atoms. The second-order valence-electron chi connectivity index (χ2n) is 0.396. The van der Waals surface area contributed by atoms with Crippen molar-refractivity contribution in [2.75, 3.05) is 0 Å². The molecule has 42 valence electrons. The smallest absolute Gasteiger partial charge is 0.183 e. The van der Waals surface area contributed by atoms with Gasteiger partial charge in [0.2, 0.25) is 0 Å². The summed E-state index contributed by atoms with van der Waals surface area (Å²) in [5.41, 5.74) is 0. The maximum atomic E-state index is 8.60. The van der Waals surface area contributed by atoms with E-state index in [1.54, 1.807) is 0 Å². The summed E-state index contributed by atoms with van der Waals surface area (Å²) in [5, 5.41) is 0. The summed E-state index contributed by atoms with van der Waals surface area (Å²) in [4.78, 5) is 0. The number of hydrogen-bond donors (Lipinski definition) is 1. The Hall–Kier alpha value is 0.870. The Morgan fingerprint density at radius 3 is 1.17 bits per heavy atom. The molecule has 6 heteroatoms. The van der Waals surface area contributed by atoms with Crippen molar-refractivity contribution in [2.45, 2.75) is 0 Å². The average Bonchev–Trinajstić information content (AvgIpc) is 0.722. The summed E-state index contributed by atoms with van der Waals surface area (Å²) < 4.78 is 32.7. The second kappa shape index (κ2) is 2.95. The molecule has 0 spiro atoms. The van der Waals surface area contributed by atoms with Crippen molar-refractivity contribution in [1.29, 1.82) is 0 Å².